The van der Waals surface area contributed by atoms with Crippen molar-refractivity contribution in [2.24, 2.45) is 0 Å². The first-order valence-corrected chi connectivity index (χ1v) is 11.1. The highest BCUT2D eigenvalue weighted by atomic mass is 19.4. The number of hydrogen-bond acceptors (Lipinski definition) is 5. The van der Waals surface area contributed by atoms with Crippen molar-refractivity contribution in [3.63, 3.8) is 0 Å². The minimum absolute atomic E-state index is 0.0572. The number of likely N-dealkylation sites (N-methyl/N-ethyl adjacent to an activating group) is 1. The van der Waals surface area contributed by atoms with Gasteiger partial charge in [-0.15, -0.1) is 0 Å². The molecular weight excluding hydrogens is 459 g/mol. The topological polar surface area (TPSA) is 72.3 Å². The van der Waals surface area contributed by atoms with Crippen molar-refractivity contribution in [2.75, 3.05) is 18.4 Å². The smallest absolute Gasteiger partial charge is 0.416 e. The first kappa shape index (κ1) is 22.9. The van der Waals surface area contributed by atoms with Crippen molar-refractivity contribution < 1.29 is 22.7 Å². The number of nitrogens with one attached hydrogen (secondary N) is 1. The molecule has 0 saturated carbocycles. The van der Waals surface area contributed by atoms with E-state index in [1.165, 1.54) is 23.0 Å². The van der Waals surface area contributed by atoms with E-state index in [-0.39, 0.29) is 5.69 Å². The lowest BCUT2D eigenvalue weighted by molar-refractivity contribution is -0.137. The zero-order valence-electron chi connectivity index (χ0n) is 18.8. The number of halogens is 3. The largest absolute Gasteiger partial charge is 0.439 e. The molecule has 0 aliphatic carbocycles. The van der Waals surface area contributed by atoms with E-state index < -0.39 is 17.8 Å². The Morgan fingerprint density at radius 1 is 1.14 bits per heavy atom. The van der Waals surface area contributed by atoms with Gasteiger partial charge in [-0.25, -0.2) is 14.8 Å². The normalized spacial score (nSPS) is 14.1. The zero-order chi connectivity index (χ0) is 24.6. The molecule has 2 aromatic heterocycles. The van der Waals surface area contributed by atoms with E-state index >= 15 is 0 Å². The molecule has 0 radical (unpaired) electrons. The monoisotopic (exact) mass is 481 g/mol. The lowest BCUT2D eigenvalue weighted by Crippen LogP contribution is -2.31. The van der Waals surface area contributed by atoms with Crippen molar-refractivity contribution in [3.8, 4) is 11.6 Å². The fourth-order valence-corrected chi connectivity index (χ4v) is 4.17. The predicted molar refractivity (Wildman–Crippen MR) is 125 cm³/mol. The van der Waals surface area contributed by atoms with Crippen LogP contribution in [0.5, 0.6) is 11.6 Å². The van der Waals surface area contributed by atoms with E-state index in [1.54, 1.807) is 30.5 Å². The molecule has 35 heavy (non-hydrogen) atoms. The minimum atomic E-state index is -4.49. The molecule has 2 aromatic carbocycles. The molecule has 0 spiro atoms. The molecule has 0 unspecified atom stereocenters. The number of anilines is 1. The van der Waals surface area contributed by atoms with E-state index in [0.29, 0.717) is 17.1 Å². The third-order valence-corrected chi connectivity index (χ3v) is 6.03. The Morgan fingerprint density at radius 3 is 2.80 bits per heavy atom. The predicted octanol–water partition coefficient (Wildman–Crippen LogP) is 5.70. The Labute approximate surface area is 199 Å². The Bertz CT molecular complexity index is 1400. The molecule has 4 aromatic rings. The number of aromatic nitrogens is 3. The SMILES string of the molecule is CCN1CCc2c(ncnc2Oc2ccc3c(ccn3C(=O)Nc3cccc(C(F)(F)F)c3)c2)C1. The van der Waals surface area contributed by atoms with Crippen LogP contribution in [0.25, 0.3) is 10.9 Å². The van der Waals surface area contributed by atoms with Crippen molar-refractivity contribution in [1.29, 1.82) is 0 Å². The van der Waals surface area contributed by atoms with Gasteiger partial charge >= 0.3 is 12.2 Å². The summed E-state index contributed by atoms with van der Waals surface area (Å²) in [5.41, 5.74) is 1.77. The summed E-state index contributed by atoms with van der Waals surface area (Å²) in [6.45, 7) is 4.74. The summed E-state index contributed by atoms with van der Waals surface area (Å²) in [4.78, 5) is 23.8. The van der Waals surface area contributed by atoms with Gasteiger partial charge in [-0.2, -0.15) is 13.2 Å². The minimum Gasteiger partial charge on any atom is -0.439 e. The summed E-state index contributed by atoms with van der Waals surface area (Å²) < 4.78 is 46.3. The molecule has 10 heteroatoms. The number of carbonyl (C=O) groups excluding carboxylic acids is 1. The van der Waals surface area contributed by atoms with Crippen molar-refractivity contribution in [1.82, 2.24) is 19.4 Å². The second-order valence-electron chi connectivity index (χ2n) is 8.24. The van der Waals surface area contributed by atoms with E-state index in [0.717, 1.165) is 54.8 Å². The fourth-order valence-electron chi connectivity index (χ4n) is 4.17. The summed E-state index contributed by atoms with van der Waals surface area (Å²) in [5.74, 6) is 1.08. The van der Waals surface area contributed by atoms with Crippen molar-refractivity contribution >= 4 is 22.6 Å². The van der Waals surface area contributed by atoms with Crippen molar-refractivity contribution in [3.05, 3.63) is 77.9 Å². The Hall–Kier alpha value is -3.92. The molecule has 3 heterocycles. The fraction of sp³-hybridized carbons (Fsp3) is 0.240. The molecule has 1 amide bonds. The van der Waals surface area contributed by atoms with Gasteiger partial charge in [-0.3, -0.25) is 9.47 Å². The lowest BCUT2D eigenvalue weighted by atomic mass is 10.1. The van der Waals surface area contributed by atoms with Gasteiger partial charge in [0.25, 0.3) is 0 Å². The standard InChI is InChI=1S/C25H22F3N5O2/c1-2-32-10-9-20-21(14-32)29-15-30-23(20)35-19-6-7-22-16(12-19)8-11-33(22)24(34)31-18-5-3-4-17(13-18)25(26,27)28/h3-8,11-13,15H,2,9-10,14H2,1H3,(H,31,34). The molecule has 7 nitrogen and oxygen atoms in total. The number of benzene rings is 2. The van der Waals surface area contributed by atoms with E-state index in [1.807, 2.05) is 0 Å². The first-order chi connectivity index (χ1) is 16.8. The van der Waals surface area contributed by atoms with E-state index in [4.69, 9.17) is 4.74 Å². The number of hydrogen-bond donors (Lipinski definition) is 1. The van der Waals surface area contributed by atoms with Gasteiger partial charge in [0.15, 0.2) is 0 Å². The third kappa shape index (κ3) is 4.69. The second kappa shape index (κ2) is 9.03. The average molecular weight is 481 g/mol. The quantitative estimate of drug-likeness (QED) is 0.405. The third-order valence-electron chi connectivity index (χ3n) is 6.03. The summed E-state index contributed by atoms with van der Waals surface area (Å²) in [7, 11) is 0. The number of alkyl halides is 3. The Balaban J connectivity index is 1.35. The molecular formula is C25H22F3N5O2. The van der Waals surface area contributed by atoms with Crippen LogP contribution in [0.1, 0.15) is 23.7 Å². The summed E-state index contributed by atoms with van der Waals surface area (Å²) in [6.07, 6.45) is -0.632. The highest BCUT2D eigenvalue weighted by molar-refractivity contribution is 5.98. The van der Waals surface area contributed by atoms with Crippen LogP contribution < -0.4 is 10.1 Å². The molecule has 1 aliphatic rings. The number of nitrogens with zero attached hydrogens (tertiary/aromatic N) is 4. The molecule has 0 atom stereocenters. The van der Waals surface area contributed by atoms with E-state index in [2.05, 4.69) is 27.1 Å². The first-order valence-electron chi connectivity index (χ1n) is 11.1. The number of amides is 1. The van der Waals surface area contributed by atoms with Crippen LogP contribution in [0.15, 0.2) is 61.1 Å². The molecule has 1 N–H and O–H groups in total. The molecule has 0 fully saturated rings. The van der Waals surface area contributed by atoms with Crippen LogP contribution >= 0.6 is 0 Å². The van der Waals surface area contributed by atoms with Crippen LogP contribution in [-0.2, 0) is 19.1 Å². The van der Waals surface area contributed by atoms with Crippen LogP contribution in [0, 0.1) is 0 Å². The molecule has 0 bridgehead atoms. The maximum atomic E-state index is 13.0. The number of ether oxygens (including phenoxy) is 1. The summed E-state index contributed by atoms with van der Waals surface area (Å²) in [6, 6.07) is 10.9. The number of fused-ring (bicyclic) bond motifs is 2. The number of carbonyl (C=O) groups is 1. The molecule has 5 rings (SSSR count). The van der Waals surface area contributed by atoms with Gasteiger partial charge in [0, 0.05) is 35.9 Å². The van der Waals surface area contributed by atoms with Crippen molar-refractivity contribution in [2.45, 2.75) is 26.1 Å². The van der Waals surface area contributed by atoms with Gasteiger partial charge in [0.1, 0.15) is 12.1 Å². The molecule has 1 aliphatic heterocycles. The van der Waals surface area contributed by atoms with E-state index in [9.17, 15) is 18.0 Å². The molecule has 0 saturated heterocycles. The van der Waals surface area contributed by atoms with Gasteiger partial charge in [0.2, 0.25) is 5.88 Å². The molecule has 180 valence electrons. The highest BCUT2D eigenvalue weighted by Gasteiger charge is 2.30. The van der Waals surface area contributed by atoms with Crippen LogP contribution in [-0.4, -0.2) is 38.6 Å². The van der Waals surface area contributed by atoms with Crippen LogP contribution in [0.3, 0.4) is 0 Å². The number of rotatable bonds is 4. The Kier molecular flexibility index (Phi) is 5.89. The Morgan fingerprint density at radius 2 is 2.00 bits per heavy atom. The zero-order valence-corrected chi connectivity index (χ0v) is 18.8. The highest BCUT2D eigenvalue weighted by Crippen LogP contribution is 2.32. The van der Waals surface area contributed by atoms with Gasteiger partial charge in [-0.1, -0.05) is 13.0 Å². The summed E-state index contributed by atoms with van der Waals surface area (Å²) in [5, 5.41) is 3.26. The van der Waals surface area contributed by atoms with Crippen LogP contribution in [0.4, 0.5) is 23.7 Å². The van der Waals surface area contributed by atoms with Gasteiger partial charge in [0.05, 0.1) is 16.8 Å². The van der Waals surface area contributed by atoms with Crippen LogP contribution in [0.2, 0.25) is 0 Å². The van der Waals surface area contributed by atoms with Gasteiger partial charge < -0.3 is 10.1 Å². The second-order valence-corrected chi connectivity index (χ2v) is 8.24. The summed E-state index contributed by atoms with van der Waals surface area (Å²) >= 11 is 0. The lowest BCUT2D eigenvalue weighted by Gasteiger charge is -2.27. The van der Waals surface area contributed by atoms with Gasteiger partial charge in [-0.05, 0) is 55.4 Å². The maximum Gasteiger partial charge on any atom is 0.416 e. The average Bonchev–Trinajstić information content (AvgIpc) is 3.27. The maximum absolute atomic E-state index is 13.0.